The molecule has 0 aliphatic heterocycles. The summed E-state index contributed by atoms with van der Waals surface area (Å²) in [4.78, 5) is 14.4. The molecule has 0 radical (unpaired) electrons. The normalized spacial score (nSPS) is 11.5. The van der Waals surface area contributed by atoms with Crippen molar-refractivity contribution < 1.29 is 14.1 Å². The zero-order valence-electron chi connectivity index (χ0n) is 16.5. The first-order valence-corrected chi connectivity index (χ1v) is 8.85. The molecule has 0 unspecified atom stereocenters. The van der Waals surface area contributed by atoms with Gasteiger partial charge in [0.15, 0.2) is 5.76 Å². The Labute approximate surface area is 155 Å². The number of aromatic nitrogens is 1. The summed E-state index contributed by atoms with van der Waals surface area (Å²) < 4.78 is 10.7. The fourth-order valence-corrected chi connectivity index (χ4v) is 2.55. The molecule has 6 heteroatoms. The number of carbonyl (C=O) groups is 1. The second-order valence-electron chi connectivity index (χ2n) is 7.87. The van der Waals surface area contributed by atoms with Gasteiger partial charge in [-0.25, -0.2) is 4.79 Å². The zero-order chi connectivity index (χ0) is 19.3. The highest BCUT2D eigenvalue weighted by Crippen LogP contribution is 2.25. The molecule has 0 bridgehead atoms. The molecule has 0 fully saturated rings. The SMILES string of the molecule is COc1cccc(-c2cc(CN(CC(C)C)C(=O)NC(C)(C)C)no2)c1. The van der Waals surface area contributed by atoms with E-state index in [-0.39, 0.29) is 11.6 Å². The first-order chi connectivity index (χ1) is 12.2. The molecule has 142 valence electrons. The quantitative estimate of drug-likeness (QED) is 0.834. The zero-order valence-corrected chi connectivity index (χ0v) is 16.5. The standard InChI is InChI=1S/C20H29N3O3/c1-14(2)12-23(19(24)21-20(3,4)5)13-16-11-18(26-22-16)15-8-7-9-17(10-15)25-6/h7-11,14H,12-13H2,1-6H3,(H,21,24). The van der Waals surface area contributed by atoms with Crippen LogP contribution in [0, 0.1) is 5.92 Å². The van der Waals surface area contributed by atoms with Gasteiger partial charge in [-0.2, -0.15) is 0 Å². The van der Waals surface area contributed by atoms with Crippen LogP contribution in [0.1, 0.15) is 40.3 Å². The van der Waals surface area contributed by atoms with Crippen LogP contribution in [0.25, 0.3) is 11.3 Å². The number of amides is 2. The van der Waals surface area contributed by atoms with Crippen LogP contribution in [0.5, 0.6) is 5.75 Å². The summed E-state index contributed by atoms with van der Waals surface area (Å²) >= 11 is 0. The van der Waals surface area contributed by atoms with Crippen molar-refractivity contribution in [1.82, 2.24) is 15.4 Å². The highest BCUT2D eigenvalue weighted by molar-refractivity contribution is 5.75. The van der Waals surface area contributed by atoms with E-state index >= 15 is 0 Å². The van der Waals surface area contributed by atoms with Crippen molar-refractivity contribution in [2.75, 3.05) is 13.7 Å². The van der Waals surface area contributed by atoms with Crippen LogP contribution in [0.15, 0.2) is 34.9 Å². The van der Waals surface area contributed by atoms with E-state index in [9.17, 15) is 4.79 Å². The number of urea groups is 1. The van der Waals surface area contributed by atoms with Crippen molar-refractivity contribution in [2.45, 2.75) is 46.7 Å². The van der Waals surface area contributed by atoms with Gasteiger partial charge in [0.2, 0.25) is 0 Å². The van der Waals surface area contributed by atoms with E-state index in [1.807, 2.05) is 51.1 Å². The maximum Gasteiger partial charge on any atom is 0.318 e. The number of nitrogens with one attached hydrogen (secondary N) is 1. The summed E-state index contributed by atoms with van der Waals surface area (Å²) in [7, 11) is 1.63. The van der Waals surface area contributed by atoms with E-state index in [2.05, 4.69) is 24.3 Å². The lowest BCUT2D eigenvalue weighted by atomic mass is 10.1. The number of hydrogen-bond acceptors (Lipinski definition) is 4. The van der Waals surface area contributed by atoms with Gasteiger partial charge in [-0.3, -0.25) is 0 Å². The van der Waals surface area contributed by atoms with Crippen LogP contribution in [0.3, 0.4) is 0 Å². The van der Waals surface area contributed by atoms with E-state index < -0.39 is 0 Å². The third kappa shape index (κ3) is 5.79. The monoisotopic (exact) mass is 359 g/mol. The second kappa shape index (κ2) is 8.25. The Bertz CT molecular complexity index is 732. The molecule has 1 N–H and O–H groups in total. The fourth-order valence-electron chi connectivity index (χ4n) is 2.55. The van der Waals surface area contributed by atoms with Gasteiger partial charge < -0.3 is 19.5 Å². The number of nitrogens with zero attached hydrogens (tertiary/aromatic N) is 2. The van der Waals surface area contributed by atoms with Crippen molar-refractivity contribution in [3.05, 3.63) is 36.0 Å². The van der Waals surface area contributed by atoms with Gasteiger partial charge in [0.25, 0.3) is 0 Å². The third-order valence-corrected chi connectivity index (χ3v) is 3.62. The highest BCUT2D eigenvalue weighted by Gasteiger charge is 2.22. The number of benzene rings is 1. The molecule has 0 aliphatic carbocycles. The molecule has 26 heavy (non-hydrogen) atoms. The minimum atomic E-state index is -0.290. The first kappa shape index (κ1) is 19.8. The maximum atomic E-state index is 12.6. The predicted octanol–water partition coefficient (Wildman–Crippen LogP) is 4.32. The van der Waals surface area contributed by atoms with Gasteiger partial charge in [0.1, 0.15) is 11.4 Å². The van der Waals surface area contributed by atoms with E-state index in [1.54, 1.807) is 12.0 Å². The lowest BCUT2D eigenvalue weighted by Crippen LogP contribution is -2.49. The Kier molecular flexibility index (Phi) is 6.29. The van der Waals surface area contributed by atoms with Gasteiger partial charge in [-0.15, -0.1) is 0 Å². The minimum absolute atomic E-state index is 0.0999. The molecule has 2 amide bonds. The lowest BCUT2D eigenvalue weighted by molar-refractivity contribution is 0.177. The van der Waals surface area contributed by atoms with Crippen molar-refractivity contribution in [1.29, 1.82) is 0 Å². The largest absolute Gasteiger partial charge is 0.497 e. The summed E-state index contributed by atoms with van der Waals surface area (Å²) in [6, 6.07) is 9.37. The molecule has 1 aromatic carbocycles. The smallest absolute Gasteiger partial charge is 0.318 e. The van der Waals surface area contributed by atoms with Gasteiger partial charge >= 0.3 is 6.03 Å². The molecular weight excluding hydrogens is 330 g/mol. The van der Waals surface area contributed by atoms with Crippen molar-refractivity contribution >= 4 is 6.03 Å². The summed E-state index contributed by atoms with van der Waals surface area (Å²) in [5, 5.41) is 7.15. The maximum absolute atomic E-state index is 12.6. The number of carbonyl (C=O) groups excluding carboxylic acids is 1. The number of ether oxygens (including phenoxy) is 1. The van der Waals surface area contributed by atoms with Gasteiger partial charge in [-0.1, -0.05) is 31.1 Å². The molecule has 0 saturated carbocycles. The van der Waals surface area contributed by atoms with Crippen molar-refractivity contribution in [3.63, 3.8) is 0 Å². The Morgan fingerprint density at radius 3 is 2.65 bits per heavy atom. The van der Waals surface area contributed by atoms with Crippen LogP contribution < -0.4 is 10.1 Å². The number of methoxy groups -OCH3 is 1. The summed E-state index contributed by atoms with van der Waals surface area (Å²) in [5.74, 6) is 1.76. The molecule has 2 aromatic rings. The molecule has 0 atom stereocenters. The predicted molar refractivity (Wildman–Crippen MR) is 102 cm³/mol. The molecule has 0 saturated heterocycles. The molecule has 0 spiro atoms. The van der Waals surface area contributed by atoms with Crippen LogP contribution in [0.2, 0.25) is 0 Å². The molecular formula is C20H29N3O3. The Morgan fingerprint density at radius 2 is 2.04 bits per heavy atom. The summed E-state index contributed by atoms with van der Waals surface area (Å²) in [5.41, 5.74) is 1.31. The van der Waals surface area contributed by atoms with Crippen LogP contribution in [-0.2, 0) is 6.54 Å². The molecule has 2 rings (SSSR count). The molecule has 0 aliphatic rings. The average Bonchev–Trinajstić information content (AvgIpc) is 3.01. The van der Waals surface area contributed by atoms with E-state index in [4.69, 9.17) is 9.26 Å². The van der Waals surface area contributed by atoms with E-state index in [1.165, 1.54) is 0 Å². The third-order valence-electron chi connectivity index (χ3n) is 3.62. The van der Waals surface area contributed by atoms with E-state index in [0.29, 0.717) is 30.5 Å². The second-order valence-corrected chi connectivity index (χ2v) is 7.87. The van der Waals surface area contributed by atoms with Crippen LogP contribution >= 0.6 is 0 Å². The Hall–Kier alpha value is -2.50. The summed E-state index contributed by atoms with van der Waals surface area (Å²) in [6.07, 6.45) is 0. The minimum Gasteiger partial charge on any atom is -0.497 e. The lowest BCUT2D eigenvalue weighted by Gasteiger charge is -2.29. The Balaban J connectivity index is 2.15. The van der Waals surface area contributed by atoms with Gasteiger partial charge in [0.05, 0.1) is 13.7 Å². The van der Waals surface area contributed by atoms with Gasteiger partial charge in [0, 0.05) is 23.7 Å². The molecule has 1 aromatic heterocycles. The molecule has 6 nitrogen and oxygen atoms in total. The topological polar surface area (TPSA) is 67.6 Å². The van der Waals surface area contributed by atoms with E-state index in [0.717, 1.165) is 11.3 Å². The Morgan fingerprint density at radius 1 is 1.31 bits per heavy atom. The average molecular weight is 359 g/mol. The van der Waals surface area contributed by atoms with Crippen molar-refractivity contribution in [3.8, 4) is 17.1 Å². The van der Waals surface area contributed by atoms with Gasteiger partial charge in [-0.05, 0) is 38.8 Å². The molecule has 1 heterocycles. The van der Waals surface area contributed by atoms with Crippen LogP contribution in [0.4, 0.5) is 4.79 Å². The number of hydrogen-bond donors (Lipinski definition) is 1. The summed E-state index contributed by atoms with van der Waals surface area (Å²) in [6.45, 7) is 11.1. The van der Waals surface area contributed by atoms with Crippen LogP contribution in [-0.4, -0.2) is 35.3 Å². The first-order valence-electron chi connectivity index (χ1n) is 8.85. The highest BCUT2D eigenvalue weighted by atomic mass is 16.5. The fraction of sp³-hybridized carbons (Fsp3) is 0.500. The van der Waals surface area contributed by atoms with Crippen molar-refractivity contribution in [2.24, 2.45) is 5.92 Å². The number of rotatable bonds is 6.